The Morgan fingerprint density at radius 2 is 2.14 bits per heavy atom. The second-order valence-corrected chi connectivity index (χ2v) is 3.71. The first-order chi connectivity index (χ1) is 6.34. The molecular weight excluding hydrogens is 186 g/mol. The number of carboxylic acids is 1. The molecule has 0 aromatic carbocycles. The van der Waals surface area contributed by atoms with Crippen LogP contribution >= 0.6 is 0 Å². The molecule has 0 aromatic rings. The maximum atomic E-state index is 11.2. The predicted molar refractivity (Wildman–Crippen MR) is 48.5 cm³/mol. The number of aliphatic hydroxyl groups excluding tert-OH is 1. The number of aliphatic hydroxyl groups is 1. The highest BCUT2D eigenvalue weighted by molar-refractivity contribution is 6.03. The highest BCUT2D eigenvalue weighted by Crippen LogP contribution is 2.31. The Hall–Kier alpha value is -1.36. The lowest BCUT2D eigenvalue weighted by atomic mass is 9.82. The van der Waals surface area contributed by atoms with E-state index in [0.717, 1.165) is 0 Å². The van der Waals surface area contributed by atoms with Crippen LogP contribution in [0.3, 0.4) is 0 Å². The summed E-state index contributed by atoms with van der Waals surface area (Å²) < 4.78 is 0. The molecule has 0 aromatic heterocycles. The molecule has 0 saturated carbocycles. The lowest BCUT2D eigenvalue weighted by molar-refractivity contribution is -0.151. The summed E-state index contributed by atoms with van der Waals surface area (Å²) in [5, 5.41) is 21.0. The summed E-state index contributed by atoms with van der Waals surface area (Å²) in [5.41, 5.74) is -1.73. The fourth-order valence-corrected chi connectivity index (χ4v) is 1.61. The molecule has 0 bridgehead atoms. The molecule has 0 spiro atoms. The van der Waals surface area contributed by atoms with Gasteiger partial charge in [-0.1, -0.05) is 20.4 Å². The summed E-state index contributed by atoms with van der Waals surface area (Å²) in [4.78, 5) is 22.2. The molecule has 5 nitrogen and oxygen atoms in total. The Balaban J connectivity index is 3.20. The van der Waals surface area contributed by atoms with Crippen LogP contribution in [0.25, 0.3) is 0 Å². The van der Waals surface area contributed by atoms with Crippen molar-refractivity contribution in [3.05, 3.63) is 12.2 Å². The number of carboxylic acid groups (broad SMARTS) is 1. The monoisotopic (exact) mass is 199 g/mol. The first kappa shape index (κ1) is 10.7. The van der Waals surface area contributed by atoms with Crippen LogP contribution in [-0.2, 0) is 9.59 Å². The lowest BCUT2D eigenvalue weighted by Gasteiger charge is -2.31. The molecule has 1 rings (SSSR count). The van der Waals surface area contributed by atoms with Crippen molar-refractivity contribution >= 4 is 11.9 Å². The van der Waals surface area contributed by atoms with Crippen molar-refractivity contribution in [2.75, 3.05) is 0 Å². The molecule has 1 amide bonds. The zero-order valence-electron chi connectivity index (χ0n) is 8.07. The number of hydrogen-bond donors (Lipinski definition) is 3. The predicted octanol–water partition coefficient (Wildman–Crippen LogP) is -0.487. The zero-order valence-corrected chi connectivity index (χ0v) is 8.07. The van der Waals surface area contributed by atoms with Crippen molar-refractivity contribution < 1.29 is 19.8 Å². The van der Waals surface area contributed by atoms with Crippen molar-refractivity contribution in [2.24, 2.45) is 5.92 Å². The Morgan fingerprint density at radius 3 is 2.29 bits per heavy atom. The summed E-state index contributed by atoms with van der Waals surface area (Å²) in [7, 11) is 0. The summed E-state index contributed by atoms with van der Waals surface area (Å²) in [5.74, 6) is -2.26. The van der Waals surface area contributed by atoms with E-state index in [1.165, 1.54) is 0 Å². The molecule has 1 heterocycles. The fraction of sp³-hybridized carbons (Fsp3) is 0.556. The zero-order chi connectivity index (χ0) is 11.1. The standard InChI is InChI=1S/C9H13NO4/c1-4(2)9(8(13)14)6(11)5(3)7(12)10-9/h4,6,11H,3H2,1-2H3,(H,10,12)(H,13,14)/t6-,9+/m0/s1. The van der Waals surface area contributed by atoms with E-state index < -0.39 is 29.4 Å². The molecule has 5 heteroatoms. The van der Waals surface area contributed by atoms with Crippen molar-refractivity contribution in [1.29, 1.82) is 0 Å². The summed E-state index contributed by atoms with van der Waals surface area (Å²) >= 11 is 0. The summed E-state index contributed by atoms with van der Waals surface area (Å²) in [6.07, 6.45) is -1.37. The van der Waals surface area contributed by atoms with Crippen molar-refractivity contribution in [1.82, 2.24) is 5.32 Å². The van der Waals surface area contributed by atoms with E-state index in [9.17, 15) is 14.7 Å². The topological polar surface area (TPSA) is 86.6 Å². The molecule has 2 atom stereocenters. The Bertz CT molecular complexity index is 310. The Morgan fingerprint density at radius 1 is 1.64 bits per heavy atom. The molecular formula is C9H13NO4. The van der Waals surface area contributed by atoms with Gasteiger partial charge in [0.1, 0.15) is 6.10 Å². The summed E-state index contributed by atoms with van der Waals surface area (Å²) in [6, 6.07) is 0. The number of amides is 1. The number of carbonyl (C=O) groups excluding carboxylic acids is 1. The van der Waals surface area contributed by atoms with Gasteiger partial charge in [0.2, 0.25) is 5.91 Å². The van der Waals surface area contributed by atoms with Gasteiger partial charge in [-0.3, -0.25) is 4.79 Å². The van der Waals surface area contributed by atoms with Crippen LogP contribution in [0.1, 0.15) is 13.8 Å². The van der Waals surface area contributed by atoms with E-state index in [4.69, 9.17) is 5.11 Å². The van der Waals surface area contributed by atoms with E-state index in [0.29, 0.717) is 0 Å². The van der Waals surface area contributed by atoms with Crippen LogP contribution in [0.15, 0.2) is 12.2 Å². The van der Waals surface area contributed by atoms with Crippen molar-refractivity contribution in [3.63, 3.8) is 0 Å². The second kappa shape index (κ2) is 3.09. The van der Waals surface area contributed by atoms with Gasteiger partial charge in [0, 0.05) is 5.57 Å². The molecule has 1 aliphatic heterocycles. The minimum absolute atomic E-state index is 0.0962. The maximum absolute atomic E-state index is 11.2. The van der Waals surface area contributed by atoms with Crippen molar-refractivity contribution in [2.45, 2.75) is 25.5 Å². The van der Waals surface area contributed by atoms with E-state index in [1.807, 2.05) is 0 Å². The lowest BCUT2D eigenvalue weighted by Crippen LogP contribution is -2.59. The third-order valence-electron chi connectivity index (χ3n) is 2.64. The highest BCUT2D eigenvalue weighted by Gasteiger charge is 2.56. The van der Waals surface area contributed by atoms with E-state index >= 15 is 0 Å². The number of aliphatic carboxylic acids is 1. The second-order valence-electron chi connectivity index (χ2n) is 3.71. The first-order valence-corrected chi connectivity index (χ1v) is 4.26. The molecule has 1 fully saturated rings. The van der Waals surface area contributed by atoms with E-state index in [2.05, 4.69) is 11.9 Å². The van der Waals surface area contributed by atoms with Crippen LogP contribution in [0.2, 0.25) is 0 Å². The number of rotatable bonds is 2. The average Bonchev–Trinajstić information content (AvgIpc) is 2.30. The van der Waals surface area contributed by atoms with Gasteiger partial charge in [0.05, 0.1) is 0 Å². The van der Waals surface area contributed by atoms with Gasteiger partial charge in [-0.15, -0.1) is 0 Å². The third-order valence-corrected chi connectivity index (χ3v) is 2.64. The van der Waals surface area contributed by atoms with Gasteiger partial charge < -0.3 is 15.5 Å². The van der Waals surface area contributed by atoms with Crippen molar-refractivity contribution in [3.8, 4) is 0 Å². The fourth-order valence-electron chi connectivity index (χ4n) is 1.61. The molecule has 0 aliphatic carbocycles. The van der Waals surface area contributed by atoms with Gasteiger partial charge in [0.15, 0.2) is 5.54 Å². The smallest absolute Gasteiger partial charge is 0.332 e. The average molecular weight is 199 g/mol. The number of carbonyl (C=O) groups is 2. The quantitative estimate of drug-likeness (QED) is 0.524. The normalized spacial score (nSPS) is 32.1. The molecule has 78 valence electrons. The third kappa shape index (κ3) is 1.13. The molecule has 0 radical (unpaired) electrons. The van der Waals surface area contributed by atoms with Gasteiger partial charge in [-0.2, -0.15) is 0 Å². The van der Waals surface area contributed by atoms with Crippen LogP contribution in [0.4, 0.5) is 0 Å². The SMILES string of the molecule is C=C1C(=O)N[C@](C(=O)O)(C(C)C)[C@H]1O. The van der Waals surface area contributed by atoms with Gasteiger partial charge in [-0.05, 0) is 5.92 Å². The molecule has 3 N–H and O–H groups in total. The highest BCUT2D eigenvalue weighted by atomic mass is 16.4. The number of nitrogens with one attached hydrogen (secondary N) is 1. The van der Waals surface area contributed by atoms with E-state index in [-0.39, 0.29) is 5.57 Å². The molecule has 14 heavy (non-hydrogen) atoms. The van der Waals surface area contributed by atoms with Crippen LogP contribution in [0.5, 0.6) is 0 Å². The van der Waals surface area contributed by atoms with Crippen LogP contribution in [-0.4, -0.2) is 33.7 Å². The first-order valence-electron chi connectivity index (χ1n) is 4.26. The Labute approximate surface area is 81.4 Å². The molecule has 1 saturated heterocycles. The molecule has 1 aliphatic rings. The Kier molecular flexibility index (Phi) is 2.37. The largest absolute Gasteiger partial charge is 0.479 e. The number of hydrogen-bond acceptors (Lipinski definition) is 3. The minimum Gasteiger partial charge on any atom is -0.479 e. The van der Waals surface area contributed by atoms with Crippen LogP contribution < -0.4 is 5.32 Å². The maximum Gasteiger partial charge on any atom is 0.332 e. The van der Waals surface area contributed by atoms with E-state index in [1.54, 1.807) is 13.8 Å². The van der Waals surface area contributed by atoms with Crippen LogP contribution in [0, 0.1) is 5.92 Å². The minimum atomic E-state index is -1.63. The van der Waals surface area contributed by atoms with Gasteiger partial charge in [0.25, 0.3) is 0 Å². The molecule has 0 unspecified atom stereocenters. The van der Waals surface area contributed by atoms with Gasteiger partial charge in [-0.25, -0.2) is 4.79 Å². The summed E-state index contributed by atoms with van der Waals surface area (Å²) in [6.45, 7) is 6.59. The van der Waals surface area contributed by atoms with Gasteiger partial charge >= 0.3 is 5.97 Å².